The van der Waals surface area contributed by atoms with Crippen LogP contribution in [0.2, 0.25) is 0 Å². The third-order valence-electron chi connectivity index (χ3n) is 7.65. The molecule has 0 radical (unpaired) electrons. The number of rotatable bonds is 8. The van der Waals surface area contributed by atoms with Crippen LogP contribution in [0.1, 0.15) is 28.3 Å². The highest BCUT2D eigenvalue weighted by atomic mass is 32.2. The fourth-order valence-electron chi connectivity index (χ4n) is 5.41. The molecule has 0 bridgehead atoms. The van der Waals surface area contributed by atoms with E-state index in [9.17, 15) is 15.0 Å². The van der Waals surface area contributed by atoms with Crippen LogP contribution in [0.5, 0.6) is 23.0 Å². The average molecular weight is 602 g/mol. The molecule has 2 heterocycles. The van der Waals surface area contributed by atoms with E-state index in [0.717, 1.165) is 43.4 Å². The molecule has 6 nitrogen and oxygen atoms in total. The van der Waals surface area contributed by atoms with Gasteiger partial charge in [-0.05, 0) is 77.7 Å². The molecule has 2 aliphatic rings. The van der Waals surface area contributed by atoms with E-state index < -0.39 is 0 Å². The van der Waals surface area contributed by atoms with Crippen LogP contribution in [0.25, 0.3) is 12.2 Å². The number of ketones is 1. The van der Waals surface area contributed by atoms with Crippen molar-refractivity contribution in [1.82, 2.24) is 0 Å². The Kier molecular flexibility index (Phi) is 8.05. The van der Waals surface area contributed by atoms with Gasteiger partial charge in [0.25, 0.3) is 0 Å². The fraction of sp³-hybridized carbons (Fsp3) is 0.108. The van der Waals surface area contributed by atoms with Gasteiger partial charge < -0.3 is 24.6 Å². The van der Waals surface area contributed by atoms with Gasteiger partial charge in [0, 0.05) is 10.5 Å². The van der Waals surface area contributed by atoms with Crippen LogP contribution < -0.4 is 14.4 Å². The Hall–Kier alpha value is -5.14. The summed E-state index contributed by atoms with van der Waals surface area (Å²) in [5.74, 6) is 0.657. The van der Waals surface area contributed by atoms with E-state index in [1.54, 1.807) is 60.3 Å². The zero-order chi connectivity index (χ0) is 30.8. The van der Waals surface area contributed by atoms with Crippen molar-refractivity contribution in [1.29, 1.82) is 0 Å². The molecule has 0 fully saturated rings. The summed E-state index contributed by atoms with van der Waals surface area (Å²) in [6.45, 7) is 2.05. The molecule has 4 aromatic rings. The number of hydrogen-bond donors (Lipinski definition) is 2. The molecular weight excluding hydrogens is 570 g/mol. The number of carbonyl (C=O) groups excluding carboxylic acids is 1. The highest BCUT2D eigenvalue weighted by molar-refractivity contribution is 8.03. The Morgan fingerprint density at radius 1 is 0.818 bits per heavy atom. The Labute approximate surface area is 260 Å². The van der Waals surface area contributed by atoms with Crippen LogP contribution in [0.15, 0.2) is 124 Å². The second-order valence-corrected chi connectivity index (χ2v) is 11.6. The van der Waals surface area contributed by atoms with Crippen molar-refractivity contribution in [2.24, 2.45) is 0 Å². The van der Waals surface area contributed by atoms with Gasteiger partial charge in [-0.3, -0.25) is 4.79 Å². The van der Waals surface area contributed by atoms with Gasteiger partial charge in [-0.2, -0.15) is 0 Å². The van der Waals surface area contributed by atoms with Crippen LogP contribution in [0, 0.1) is 6.92 Å². The van der Waals surface area contributed by atoms with E-state index in [1.807, 2.05) is 31.2 Å². The van der Waals surface area contributed by atoms with Crippen molar-refractivity contribution < 1.29 is 24.5 Å². The quantitative estimate of drug-likeness (QED) is 0.197. The summed E-state index contributed by atoms with van der Waals surface area (Å²) in [6, 6.07) is 26.3. The van der Waals surface area contributed by atoms with E-state index in [1.165, 1.54) is 14.2 Å². The monoisotopic (exact) mass is 601 g/mol. The minimum Gasteiger partial charge on any atom is -0.504 e. The van der Waals surface area contributed by atoms with Crippen molar-refractivity contribution >= 4 is 35.4 Å². The number of carbonyl (C=O) groups is 1. The zero-order valence-corrected chi connectivity index (χ0v) is 25.3. The van der Waals surface area contributed by atoms with E-state index in [4.69, 9.17) is 9.47 Å². The molecule has 0 saturated heterocycles. The number of phenols is 2. The maximum Gasteiger partial charge on any atom is 0.184 e. The molecule has 0 amide bonds. The highest BCUT2D eigenvalue weighted by Crippen LogP contribution is 2.54. The molecule has 1 atom stereocenters. The first kappa shape index (κ1) is 29.0. The number of anilines is 1. The first-order valence-electron chi connectivity index (χ1n) is 14.1. The lowest BCUT2D eigenvalue weighted by molar-refractivity contribution is -0.111. The summed E-state index contributed by atoms with van der Waals surface area (Å²) >= 11 is 1.68. The molecule has 0 spiro atoms. The van der Waals surface area contributed by atoms with Gasteiger partial charge in [0.2, 0.25) is 0 Å². The number of benzene rings is 4. The largest absolute Gasteiger partial charge is 0.504 e. The summed E-state index contributed by atoms with van der Waals surface area (Å²) in [7, 11) is 3.00. The van der Waals surface area contributed by atoms with Crippen molar-refractivity contribution in [3.8, 4) is 23.0 Å². The van der Waals surface area contributed by atoms with Gasteiger partial charge in [-0.15, -0.1) is 0 Å². The van der Waals surface area contributed by atoms with Gasteiger partial charge in [0.1, 0.15) is 0 Å². The number of hydrogen-bond acceptors (Lipinski definition) is 7. The third kappa shape index (κ3) is 5.62. The summed E-state index contributed by atoms with van der Waals surface area (Å²) < 4.78 is 10.6. The SMILES string of the molecule is COc1cc(/C=C/C(=O)C2=C(/C=C/c3ccc(O)c(OC)c3)C=C3Sc4ccccc4N3C2c2ccc(C)cc2)ccc1O. The number of aromatic hydroxyl groups is 2. The Morgan fingerprint density at radius 2 is 1.45 bits per heavy atom. The van der Waals surface area contributed by atoms with E-state index in [2.05, 4.69) is 47.4 Å². The molecule has 220 valence electrons. The number of methoxy groups -OCH3 is 2. The van der Waals surface area contributed by atoms with Crippen LogP contribution in [0.3, 0.4) is 0 Å². The minimum absolute atomic E-state index is 0.0338. The molecule has 2 N–H and O–H groups in total. The second kappa shape index (κ2) is 12.2. The number of thioether (sulfide) groups is 1. The molecular formula is C37H31NO5S. The fourth-order valence-corrected chi connectivity index (χ4v) is 6.54. The predicted octanol–water partition coefficient (Wildman–Crippen LogP) is 8.22. The molecule has 44 heavy (non-hydrogen) atoms. The van der Waals surface area contributed by atoms with Crippen LogP contribution >= 0.6 is 11.8 Å². The van der Waals surface area contributed by atoms with Crippen molar-refractivity contribution in [2.75, 3.05) is 19.1 Å². The minimum atomic E-state index is -0.382. The average Bonchev–Trinajstić information content (AvgIpc) is 3.41. The van der Waals surface area contributed by atoms with Crippen molar-refractivity contribution in [3.63, 3.8) is 0 Å². The number of allylic oxidation sites excluding steroid dienone is 4. The molecule has 6 rings (SSSR count). The number of fused-ring (bicyclic) bond motifs is 3. The summed E-state index contributed by atoms with van der Waals surface area (Å²) in [6.07, 6.45) is 9.25. The van der Waals surface area contributed by atoms with Gasteiger partial charge in [0.05, 0.1) is 31.0 Å². The first-order valence-corrected chi connectivity index (χ1v) is 14.9. The lowest BCUT2D eigenvalue weighted by Gasteiger charge is -2.36. The zero-order valence-electron chi connectivity index (χ0n) is 24.5. The predicted molar refractivity (Wildman–Crippen MR) is 176 cm³/mol. The topological polar surface area (TPSA) is 79.2 Å². The lowest BCUT2D eigenvalue weighted by atomic mass is 9.86. The standard InChI is InChI=1S/C37H31NO5S/c1-23-8-14-26(15-9-23)37-36(31(41)19-13-25-12-18-30(40)33(21-25)43-3)27(16-10-24-11-17-29(39)32(20-24)42-2)22-35-38(37)28-6-4-5-7-34(28)44-35/h4-22,37,39-40H,1-3H3/b16-10+,19-13+. The molecule has 1 unspecified atom stereocenters. The van der Waals surface area contributed by atoms with Gasteiger partial charge >= 0.3 is 0 Å². The number of phenolic OH excluding ortho intramolecular Hbond substituents is 2. The van der Waals surface area contributed by atoms with Crippen molar-refractivity contribution in [3.05, 3.63) is 142 Å². The number of ether oxygens (including phenoxy) is 2. The molecule has 0 saturated carbocycles. The number of nitrogens with zero attached hydrogens (tertiary/aromatic N) is 1. The number of para-hydroxylation sites is 1. The molecule has 4 aromatic carbocycles. The van der Waals surface area contributed by atoms with Gasteiger partial charge in [-0.25, -0.2) is 0 Å². The van der Waals surface area contributed by atoms with Crippen LogP contribution in [0.4, 0.5) is 5.69 Å². The highest BCUT2D eigenvalue weighted by Gasteiger charge is 2.39. The van der Waals surface area contributed by atoms with E-state index >= 15 is 0 Å². The second-order valence-electron chi connectivity index (χ2n) is 10.5. The Bertz CT molecular complexity index is 1870. The summed E-state index contributed by atoms with van der Waals surface area (Å²) in [5, 5.41) is 21.2. The third-order valence-corrected chi connectivity index (χ3v) is 8.74. The Morgan fingerprint density at radius 3 is 2.11 bits per heavy atom. The first-order chi connectivity index (χ1) is 21.4. The molecule has 0 aromatic heterocycles. The normalized spacial score (nSPS) is 15.8. The van der Waals surface area contributed by atoms with Crippen LogP contribution in [-0.4, -0.2) is 30.2 Å². The maximum atomic E-state index is 14.3. The van der Waals surface area contributed by atoms with Gasteiger partial charge in [-0.1, -0.05) is 84.1 Å². The van der Waals surface area contributed by atoms with E-state index in [-0.39, 0.29) is 23.3 Å². The van der Waals surface area contributed by atoms with Crippen LogP contribution in [-0.2, 0) is 4.79 Å². The molecule has 0 aliphatic carbocycles. The molecule has 2 aliphatic heterocycles. The maximum absolute atomic E-state index is 14.3. The Balaban J connectivity index is 1.51. The summed E-state index contributed by atoms with van der Waals surface area (Å²) in [5.41, 5.74) is 6.14. The number of aryl methyl sites for hydroxylation is 1. The van der Waals surface area contributed by atoms with Gasteiger partial charge in [0.15, 0.2) is 28.8 Å². The summed E-state index contributed by atoms with van der Waals surface area (Å²) in [4.78, 5) is 17.7. The van der Waals surface area contributed by atoms with Crippen molar-refractivity contribution in [2.45, 2.75) is 17.9 Å². The lowest BCUT2D eigenvalue weighted by Crippen LogP contribution is -2.32. The van der Waals surface area contributed by atoms with E-state index in [0.29, 0.717) is 17.1 Å². The smallest absolute Gasteiger partial charge is 0.184 e. The molecule has 7 heteroatoms.